The number of carboxylic acids is 1. The topological polar surface area (TPSA) is 202 Å². The van der Waals surface area contributed by atoms with Gasteiger partial charge in [0.05, 0.1) is 18.4 Å². The Morgan fingerprint density at radius 2 is 1.61 bits per heavy atom. The number of rotatable bonds is 11. The van der Waals surface area contributed by atoms with Crippen LogP contribution in [0.4, 0.5) is 17.5 Å². The fourth-order valence-corrected chi connectivity index (χ4v) is 4.07. The molecule has 13 nitrogen and oxygen atoms in total. The number of aliphatic carboxylic acids is 1. The van der Waals surface area contributed by atoms with Crippen LogP contribution in [-0.2, 0) is 11.3 Å². The maximum absolute atomic E-state index is 12.8. The molecule has 0 aliphatic rings. The van der Waals surface area contributed by atoms with E-state index in [4.69, 9.17) is 11.5 Å². The zero-order valence-electron chi connectivity index (χ0n) is 22.7. The highest BCUT2D eigenvalue weighted by Crippen LogP contribution is 2.19. The van der Waals surface area contributed by atoms with Gasteiger partial charge in [-0.15, -0.1) is 0 Å². The van der Waals surface area contributed by atoms with Gasteiger partial charge in [-0.1, -0.05) is 17.7 Å². The van der Waals surface area contributed by atoms with E-state index < -0.39 is 17.9 Å². The molecule has 0 fully saturated rings. The zero-order chi connectivity index (χ0) is 29.5. The van der Waals surface area contributed by atoms with Crippen LogP contribution in [0.3, 0.4) is 0 Å². The Morgan fingerprint density at radius 1 is 0.951 bits per heavy atom. The number of carboxylic acid groups (broad SMARTS) is 1. The molecule has 13 heteroatoms. The lowest BCUT2D eigenvalue weighted by Gasteiger charge is -2.19. The first-order chi connectivity index (χ1) is 19.6. The van der Waals surface area contributed by atoms with Crippen LogP contribution in [0.5, 0.6) is 0 Å². The first-order valence-corrected chi connectivity index (χ1v) is 12.8. The van der Waals surface area contributed by atoms with Crippen molar-refractivity contribution in [3.8, 4) is 0 Å². The van der Waals surface area contributed by atoms with Gasteiger partial charge in [-0.2, -0.15) is 9.97 Å². The zero-order valence-corrected chi connectivity index (χ0v) is 22.7. The molecule has 0 saturated heterocycles. The minimum atomic E-state index is -1.15. The van der Waals surface area contributed by atoms with Crippen LogP contribution in [-0.4, -0.2) is 62.5 Å². The summed E-state index contributed by atoms with van der Waals surface area (Å²) in [5.74, 6) is -1.72. The van der Waals surface area contributed by atoms with E-state index in [2.05, 4.69) is 30.6 Å². The van der Waals surface area contributed by atoms with Gasteiger partial charge in [-0.25, -0.2) is 14.8 Å². The lowest BCUT2D eigenvalue weighted by atomic mass is 10.1. The first kappa shape index (κ1) is 28.7. The number of nitrogens with one attached hydrogen (secondary N) is 2. The second-order valence-electron chi connectivity index (χ2n) is 9.53. The minimum absolute atomic E-state index is 0.0235. The second kappa shape index (κ2) is 12.7. The molecule has 7 N–H and O–H groups in total. The van der Waals surface area contributed by atoms with Crippen LogP contribution in [0.25, 0.3) is 11.2 Å². The maximum atomic E-state index is 12.8. The molecule has 4 aromatic rings. The Balaban J connectivity index is 1.29. The van der Waals surface area contributed by atoms with E-state index in [1.54, 1.807) is 42.6 Å². The molecule has 0 aliphatic heterocycles. The number of amides is 2. The molecule has 2 aromatic carbocycles. The SMILES string of the molecule is Cc1ccc(C(=O)NCCC[C@H](NC(=O)c2ccc(N(C)Cc3cnc4nc(N)nc(N)c4n3)cc2)C(=O)O)cc1. The van der Waals surface area contributed by atoms with Gasteiger partial charge in [0.2, 0.25) is 5.95 Å². The molecule has 0 unspecified atom stereocenters. The second-order valence-corrected chi connectivity index (χ2v) is 9.53. The van der Waals surface area contributed by atoms with Crippen molar-refractivity contribution in [3.05, 3.63) is 77.1 Å². The summed E-state index contributed by atoms with van der Waals surface area (Å²) in [5.41, 5.74) is 15.5. The smallest absolute Gasteiger partial charge is 0.326 e. The third-order valence-electron chi connectivity index (χ3n) is 6.34. The summed E-state index contributed by atoms with van der Waals surface area (Å²) >= 11 is 0. The largest absolute Gasteiger partial charge is 0.480 e. The summed E-state index contributed by atoms with van der Waals surface area (Å²) in [5, 5.41) is 14.9. The molecule has 41 heavy (non-hydrogen) atoms. The highest BCUT2D eigenvalue weighted by atomic mass is 16.4. The van der Waals surface area contributed by atoms with Gasteiger partial charge < -0.3 is 32.1 Å². The molecule has 0 radical (unpaired) electrons. The van der Waals surface area contributed by atoms with E-state index in [-0.39, 0.29) is 30.6 Å². The summed E-state index contributed by atoms with van der Waals surface area (Å²) in [6.45, 7) is 2.60. The van der Waals surface area contributed by atoms with Crippen LogP contribution < -0.4 is 27.0 Å². The van der Waals surface area contributed by atoms with Gasteiger partial charge in [0.1, 0.15) is 6.04 Å². The molecule has 0 bridgehead atoms. The number of nitrogen functional groups attached to an aromatic ring is 2. The van der Waals surface area contributed by atoms with Crippen molar-refractivity contribution in [2.75, 3.05) is 30.0 Å². The van der Waals surface area contributed by atoms with Crippen molar-refractivity contribution in [1.29, 1.82) is 0 Å². The summed E-state index contributed by atoms with van der Waals surface area (Å²) in [6.07, 6.45) is 2.11. The summed E-state index contributed by atoms with van der Waals surface area (Å²) < 4.78 is 0. The monoisotopic (exact) mass is 557 g/mol. The average Bonchev–Trinajstić information content (AvgIpc) is 2.95. The lowest BCUT2D eigenvalue weighted by Crippen LogP contribution is -2.41. The Morgan fingerprint density at radius 3 is 2.29 bits per heavy atom. The molecule has 0 aliphatic carbocycles. The van der Waals surface area contributed by atoms with Crippen molar-refractivity contribution in [1.82, 2.24) is 30.6 Å². The Hall–Kier alpha value is -5.33. The fraction of sp³-hybridized carbons (Fsp3) is 0.250. The van der Waals surface area contributed by atoms with E-state index in [1.165, 1.54) is 0 Å². The number of nitrogens with two attached hydrogens (primary N) is 2. The number of hydrogen-bond acceptors (Lipinski definition) is 10. The van der Waals surface area contributed by atoms with Gasteiger partial charge >= 0.3 is 5.97 Å². The molecular weight excluding hydrogens is 526 g/mol. The quantitative estimate of drug-likeness (QED) is 0.169. The molecule has 0 saturated carbocycles. The van der Waals surface area contributed by atoms with Crippen molar-refractivity contribution in [2.45, 2.75) is 32.4 Å². The highest BCUT2D eigenvalue weighted by molar-refractivity contribution is 5.97. The van der Waals surface area contributed by atoms with Crippen LogP contribution in [0.2, 0.25) is 0 Å². The summed E-state index contributed by atoms with van der Waals surface area (Å²) in [6, 6.07) is 12.8. The van der Waals surface area contributed by atoms with Crippen LogP contribution >= 0.6 is 0 Å². The predicted molar refractivity (Wildman–Crippen MR) is 154 cm³/mol. The van der Waals surface area contributed by atoms with Crippen molar-refractivity contribution >= 4 is 46.4 Å². The summed E-state index contributed by atoms with van der Waals surface area (Å²) in [4.78, 5) is 55.3. The standard InChI is InChI=1S/C28H31N9O4/c1-16-5-7-17(8-6-16)25(38)31-13-3-4-21(27(40)41)34-26(39)18-9-11-20(12-10-18)37(2)15-19-14-32-24-22(33-19)23(29)35-28(30)36-24/h5-12,14,21H,3-4,13,15H2,1-2H3,(H,31,38)(H,34,39)(H,40,41)(H4,29,30,32,35,36)/t21-/m0/s1. The molecule has 212 valence electrons. The van der Waals surface area contributed by atoms with Crippen molar-refractivity contribution in [2.24, 2.45) is 0 Å². The molecular formula is C28H31N9O4. The third-order valence-corrected chi connectivity index (χ3v) is 6.34. The van der Waals surface area contributed by atoms with Gasteiger partial charge in [-0.05, 0) is 56.2 Å². The Kier molecular flexibility index (Phi) is 8.87. The molecule has 2 aromatic heterocycles. The van der Waals surface area contributed by atoms with E-state index >= 15 is 0 Å². The van der Waals surface area contributed by atoms with Crippen molar-refractivity contribution < 1.29 is 19.5 Å². The van der Waals surface area contributed by atoms with Gasteiger partial charge in [0, 0.05) is 30.4 Å². The molecule has 2 amide bonds. The van der Waals surface area contributed by atoms with Gasteiger partial charge in [-0.3, -0.25) is 9.59 Å². The third kappa shape index (κ3) is 7.41. The first-order valence-electron chi connectivity index (χ1n) is 12.8. The van der Waals surface area contributed by atoms with Crippen LogP contribution in [0, 0.1) is 6.92 Å². The molecule has 1 atom stereocenters. The minimum Gasteiger partial charge on any atom is -0.480 e. The Bertz CT molecular complexity index is 1560. The van der Waals surface area contributed by atoms with E-state index in [0.717, 1.165) is 11.3 Å². The number of aryl methyl sites for hydroxylation is 1. The van der Waals surface area contributed by atoms with Crippen LogP contribution in [0.15, 0.2) is 54.7 Å². The predicted octanol–water partition coefficient (Wildman–Crippen LogP) is 1.92. The van der Waals surface area contributed by atoms with Crippen molar-refractivity contribution in [3.63, 3.8) is 0 Å². The maximum Gasteiger partial charge on any atom is 0.326 e. The highest BCUT2D eigenvalue weighted by Gasteiger charge is 2.21. The number of nitrogens with zero attached hydrogens (tertiary/aromatic N) is 5. The van der Waals surface area contributed by atoms with E-state index in [1.807, 2.05) is 31.0 Å². The normalized spacial score (nSPS) is 11.6. The van der Waals surface area contributed by atoms with E-state index in [0.29, 0.717) is 41.0 Å². The number of carbonyl (C=O) groups excluding carboxylic acids is 2. The number of aromatic nitrogens is 4. The number of benzene rings is 2. The number of hydrogen-bond donors (Lipinski definition) is 5. The lowest BCUT2D eigenvalue weighted by molar-refractivity contribution is -0.139. The number of fused-ring (bicyclic) bond motifs is 1. The van der Waals surface area contributed by atoms with Crippen LogP contribution in [0.1, 0.15) is 44.8 Å². The molecule has 4 rings (SSSR count). The average molecular weight is 558 g/mol. The number of carbonyl (C=O) groups is 3. The molecule has 0 spiro atoms. The Labute approximate surface area is 236 Å². The van der Waals surface area contributed by atoms with Gasteiger partial charge in [0.15, 0.2) is 17.0 Å². The van der Waals surface area contributed by atoms with E-state index in [9.17, 15) is 19.5 Å². The molecule has 2 heterocycles. The van der Waals surface area contributed by atoms with Gasteiger partial charge in [0.25, 0.3) is 11.8 Å². The summed E-state index contributed by atoms with van der Waals surface area (Å²) in [7, 11) is 1.85. The number of anilines is 3. The fourth-order valence-electron chi connectivity index (χ4n) is 4.07.